The van der Waals surface area contributed by atoms with E-state index in [0.29, 0.717) is 33.5 Å². The van der Waals surface area contributed by atoms with Crippen molar-refractivity contribution in [2.24, 2.45) is 7.05 Å². The van der Waals surface area contributed by atoms with E-state index in [-0.39, 0.29) is 10.8 Å². The molecule has 9 heteroatoms. The molecular weight excluding hydrogens is 384 g/mol. The van der Waals surface area contributed by atoms with Crippen LogP contribution in [0.4, 0.5) is 0 Å². The van der Waals surface area contributed by atoms with E-state index in [9.17, 15) is 13.2 Å². The van der Waals surface area contributed by atoms with E-state index in [1.807, 2.05) is 23.4 Å². The predicted molar refractivity (Wildman–Crippen MR) is 107 cm³/mol. The molecule has 1 aliphatic heterocycles. The Bertz CT molecular complexity index is 954. The molecule has 1 N–H and O–H groups in total. The third-order valence-corrected chi connectivity index (χ3v) is 7.79. The van der Waals surface area contributed by atoms with Crippen molar-refractivity contribution >= 4 is 27.3 Å². The van der Waals surface area contributed by atoms with Crippen LogP contribution in [-0.4, -0.2) is 48.4 Å². The summed E-state index contributed by atoms with van der Waals surface area (Å²) in [5.41, 5.74) is 2.04. The van der Waals surface area contributed by atoms with Crippen LogP contribution in [0.1, 0.15) is 47.2 Å². The molecule has 0 radical (unpaired) electrons. The lowest BCUT2D eigenvalue weighted by atomic mass is 10.1. The number of rotatable bonds is 5. The number of aromatic nitrogens is 2. The molecule has 148 valence electrons. The normalized spacial score (nSPS) is 15.3. The summed E-state index contributed by atoms with van der Waals surface area (Å²) in [6.07, 6.45) is 3.25. The molecule has 0 unspecified atom stereocenters. The maximum Gasteiger partial charge on any atom is 0.265 e. The zero-order valence-electron chi connectivity index (χ0n) is 16.2. The zero-order valence-corrected chi connectivity index (χ0v) is 17.8. The number of thiazole rings is 1. The number of nitrogens with zero attached hydrogens (tertiary/aromatic N) is 3. The van der Waals surface area contributed by atoms with Crippen molar-refractivity contribution in [3.63, 3.8) is 0 Å². The third-order valence-electron chi connectivity index (χ3n) is 4.97. The summed E-state index contributed by atoms with van der Waals surface area (Å²) in [6.45, 7) is 7.27. The molecule has 3 rings (SSSR count). The van der Waals surface area contributed by atoms with Crippen molar-refractivity contribution in [3.05, 3.63) is 22.3 Å². The van der Waals surface area contributed by atoms with Gasteiger partial charge in [0, 0.05) is 32.4 Å². The Labute approximate surface area is 164 Å². The monoisotopic (exact) mass is 410 g/mol. The van der Waals surface area contributed by atoms with Crippen LogP contribution in [0.5, 0.6) is 0 Å². The molecule has 3 heterocycles. The van der Waals surface area contributed by atoms with Crippen LogP contribution in [0.15, 0.2) is 11.0 Å². The van der Waals surface area contributed by atoms with Crippen molar-refractivity contribution in [1.82, 2.24) is 19.2 Å². The maximum atomic E-state index is 12.9. The molecular formula is C18H26N4O3S2. The number of sulfonamides is 1. The van der Waals surface area contributed by atoms with Crippen LogP contribution < -0.4 is 4.72 Å². The summed E-state index contributed by atoms with van der Waals surface area (Å²) < 4.78 is 29.2. The highest BCUT2D eigenvalue weighted by Gasteiger charge is 2.26. The van der Waals surface area contributed by atoms with Gasteiger partial charge in [0.15, 0.2) is 0 Å². The summed E-state index contributed by atoms with van der Waals surface area (Å²) in [7, 11) is -1.74. The molecule has 0 aromatic carbocycles. The third kappa shape index (κ3) is 3.81. The number of hydrogen-bond acceptors (Lipinski definition) is 5. The van der Waals surface area contributed by atoms with Crippen LogP contribution in [0.2, 0.25) is 0 Å². The van der Waals surface area contributed by atoms with E-state index in [2.05, 4.69) is 9.71 Å². The van der Waals surface area contributed by atoms with Gasteiger partial charge in [-0.3, -0.25) is 4.79 Å². The predicted octanol–water partition coefficient (Wildman–Crippen LogP) is 2.69. The Morgan fingerprint density at radius 2 is 1.93 bits per heavy atom. The molecule has 2 aromatic heterocycles. The number of nitrogens with one attached hydrogen (secondary N) is 1. The number of amides is 1. The van der Waals surface area contributed by atoms with Gasteiger partial charge in [-0.25, -0.2) is 18.1 Å². The van der Waals surface area contributed by atoms with Crippen LogP contribution in [0.3, 0.4) is 0 Å². The molecule has 1 fully saturated rings. The second kappa shape index (κ2) is 7.73. The lowest BCUT2D eigenvalue weighted by Gasteiger charge is -2.26. The number of aryl methyl sites for hydroxylation is 1. The van der Waals surface area contributed by atoms with Gasteiger partial charge < -0.3 is 9.47 Å². The Hall–Kier alpha value is -1.71. The SMILES string of the molecule is CCNS(=O)(=O)c1cc(-c2nc(C)c(C(=O)N3CCCCC3)s2)n(C)c1C. The Balaban J connectivity index is 1.97. The Morgan fingerprint density at radius 3 is 2.56 bits per heavy atom. The molecule has 0 aliphatic carbocycles. The molecule has 1 amide bonds. The molecule has 0 spiro atoms. The summed E-state index contributed by atoms with van der Waals surface area (Å²) in [6, 6.07) is 1.64. The summed E-state index contributed by atoms with van der Waals surface area (Å²) in [5, 5.41) is 0.663. The summed E-state index contributed by atoms with van der Waals surface area (Å²) in [4.78, 5) is 20.2. The first-order valence-electron chi connectivity index (χ1n) is 9.19. The van der Waals surface area contributed by atoms with Gasteiger partial charge in [0.25, 0.3) is 5.91 Å². The molecule has 0 saturated carbocycles. The van der Waals surface area contributed by atoms with Crippen molar-refractivity contribution in [2.45, 2.75) is 44.9 Å². The molecule has 27 heavy (non-hydrogen) atoms. The Kier molecular flexibility index (Phi) is 5.73. The molecule has 1 aliphatic rings. The quantitative estimate of drug-likeness (QED) is 0.821. The maximum absolute atomic E-state index is 12.9. The van der Waals surface area contributed by atoms with Crippen LogP contribution >= 0.6 is 11.3 Å². The van der Waals surface area contributed by atoms with Gasteiger partial charge >= 0.3 is 0 Å². The lowest BCUT2D eigenvalue weighted by Crippen LogP contribution is -2.35. The number of carbonyl (C=O) groups is 1. The highest BCUT2D eigenvalue weighted by Crippen LogP contribution is 2.33. The van der Waals surface area contributed by atoms with E-state index in [1.165, 1.54) is 17.8 Å². The van der Waals surface area contributed by atoms with E-state index in [0.717, 1.165) is 25.9 Å². The van der Waals surface area contributed by atoms with Gasteiger partial charge in [0.05, 0.1) is 11.4 Å². The first-order chi connectivity index (χ1) is 12.8. The highest BCUT2D eigenvalue weighted by atomic mass is 32.2. The van der Waals surface area contributed by atoms with Crippen LogP contribution in [-0.2, 0) is 17.1 Å². The number of piperidine rings is 1. The largest absolute Gasteiger partial charge is 0.345 e. The second-order valence-electron chi connectivity index (χ2n) is 6.83. The minimum atomic E-state index is -3.56. The number of carbonyl (C=O) groups excluding carboxylic acids is 1. The van der Waals surface area contributed by atoms with E-state index in [1.54, 1.807) is 19.9 Å². The lowest BCUT2D eigenvalue weighted by molar-refractivity contribution is 0.0728. The van der Waals surface area contributed by atoms with Gasteiger partial charge in [0.2, 0.25) is 10.0 Å². The van der Waals surface area contributed by atoms with Gasteiger partial charge in [-0.2, -0.15) is 0 Å². The minimum Gasteiger partial charge on any atom is -0.345 e. The van der Waals surface area contributed by atoms with Gasteiger partial charge in [-0.15, -0.1) is 11.3 Å². The van der Waals surface area contributed by atoms with E-state index in [4.69, 9.17) is 0 Å². The number of hydrogen-bond donors (Lipinski definition) is 1. The molecule has 1 saturated heterocycles. The van der Waals surface area contributed by atoms with Crippen LogP contribution in [0.25, 0.3) is 10.7 Å². The molecule has 0 bridgehead atoms. The van der Waals surface area contributed by atoms with Crippen molar-refractivity contribution < 1.29 is 13.2 Å². The average molecular weight is 411 g/mol. The fourth-order valence-electron chi connectivity index (χ4n) is 3.36. The van der Waals surface area contributed by atoms with Gasteiger partial charge in [-0.05, 0) is 39.2 Å². The Morgan fingerprint density at radius 1 is 1.26 bits per heavy atom. The van der Waals surface area contributed by atoms with Crippen molar-refractivity contribution in [3.8, 4) is 10.7 Å². The minimum absolute atomic E-state index is 0.0300. The first-order valence-corrected chi connectivity index (χ1v) is 11.5. The van der Waals surface area contributed by atoms with Crippen molar-refractivity contribution in [2.75, 3.05) is 19.6 Å². The van der Waals surface area contributed by atoms with E-state index < -0.39 is 10.0 Å². The van der Waals surface area contributed by atoms with Crippen molar-refractivity contribution in [1.29, 1.82) is 0 Å². The fourth-order valence-corrected chi connectivity index (χ4v) is 5.78. The van der Waals surface area contributed by atoms with Crippen LogP contribution in [0, 0.1) is 13.8 Å². The molecule has 7 nitrogen and oxygen atoms in total. The highest BCUT2D eigenvalue weighted by molar-refractivity contribution is 7.89. The first kappa shape index (κ1) is 20.0. The number of likely N-dealkylation sites (tertiary alicyclic amines) is 1. The van der Waals surface area contributed by atoms with Gasteiger partial charge in [0.1, 0.15) is 14.8 Å². The smallest absolute Gasteiger partial charge is 0.265 e. The topological polar surface area (TPSA) is 84.3 Å². The fraction of sp³-hybridized carbons (Fsp3) is 0.556. The average Bonchev–Trinajstić information content (AvgIpc) is 3.16. The van der Waals surface area contributed by atoms with Gasteiger partial charge in [-0.1, -0.05) is 6.92 Å². The zero-order chi connectivity index (χ0) is 19.8. The summed E-state index contributed by atoms with van der Waals surface area (Å²) in [5.74, 6) is 0.0300. The second-order valence-corrected chi connectivity index (χ2v) is 9.56. The molecule has 2 aromatic rings. The standard InChI is InChI=1S/C18H26N4O3S2/c1-5-19-27(24,25)15-11-14(21(4)13(15)3)17-20-12(2)16(26-17)18(23)22-9-7-6-8-10-22/h11,19H,5-10H2,1-4H3. The summed E-state index contributed by atoms with van der Waals surface area (Å²) >= 11 is 1.34. The molecule has 0 atom stereocenters. The van der Waals surface area contributed by atoms with E-state index >= 15 is 0 Å².